The van der Waals surface area contributed by atoms with E-state index in [-0.39, 0.29) is 0 Å². The number of furan rings is 1. The molecule has 190 valence electrons. The minimum absolute atomic E-state index is 0.647. The monoisotopic (exact) mass is 523 g/mol. The van der Waals surface area contributed by atoms with E-state index in [0.29, 0.717) is 17.5 Å². The van der Waals surface area contributed by atoms with Crippen molar-refractivity contribution in [2.75, 3.05) is 0 Å². The van der Waals surface area contributed by atoms with E-state index in [1.807, 2.05) is 60.7 Å². The van der Waals surface area contributed by atoms with Gasteiger partial charge in [0.05, 0.1) is 0 Å². The molecule has 0 bridgehead atoms. The van der Waals surface area contributed by atoms with E-state index in [1.165, 1.54) is 26.9 Å². The third kappa shape index (κ3) is 3.31. The van der Waals surface area contributed by atoms with Crippen molar-refractivity contribution in [3.8, 4) is 34.2 Å². The highest BCUT2D eigenvalue weighted by Gasteiger charge is 2.20. The first-order valence-corrected chi connectivity index (χ1v) is 13.7. The summed E-state index contributed by atoms with van der Waals surface area (Å²) in [6, 6.07) is 43.8. The summed E-state index contributed by atoms with van der Waals surface area (Å²) in [6.45, 7) is 0. The lowest BCUT2D eigenvalue weighted by atomic mass is 9.91. The second-order valence-corrected chi connectivity index (χ2v) is 10.4. The molecule has 9 rings (SSSR count). The second kappa shape index (κ2) is 8.44. The van der Waals surface area contributed by atoms with Gasteiger partial charge >= 0.3 is 0 Å². The van der Waals surface area contributed by atoms with Crippen molar-refractivity contribution < 1.29 is 4.42 Å². The summed E-state index contributed by atoms with van der Waals surface area (Å²) in [5, 5.41) is 9.35. The predicted molar refractivity (Wildman–Crippen MR) is 167 cm³/mol. The van der Waals surface area contributed by atoms with Gasteiger partial charge in [0.25, 0.3) is 0 Å². The van der Waals surface area contributed by atoms with Gasteiger partial charge in [-0.15, -0.1) is 0 Å². The second-order valence-electron chi connectivity index (χ2n) is 10.4. The standard InChI is InChI=1S/C37H21N3O/c1-3-10-22(11-4-1)35-38-36(23-12-5-2-6-13-23)40-37(39-35)25-18-19-27-28-16-9-17-31-32(28)33-30(29(27)21-25)20-24-14-7-8-15-26(24)34(33)41-31/h1-21H. The smallest absolute Gasteiger partial charge is 0.164 e. The summed E-state index contributed by atoms with van der Waals surface area (Å²) in [5.41, 5.74) is 4.72. The Kier molecular flexibility index (Phi) is 4.58. The Bertz CT molecular complexity index is 2350. The van der Waals surface area contributed by atoms with Gasteiger partial charge in [0.2, 0.25) is 0 Å². The number of hydrogen-bond acceptors (Lipinski definition) is 4. The maximum absolute atomic E-state index is 6.51. The van der Waals surface area contributed by atoms with E-state index < -0.39 is 0 Å². The molecule has 0 aliphatic rings. The van der Waals surface area contributed by atoms with Crippen LogP contribution < -0.4 is 0 Å². The fraction of sp³-hybridized carbons (Fsp3) is 0. The molecule has 7 aromatic carbocycles. The molecule has 0 aliphatic heterocycles. The van der Waals surface area contributed by atoms with E-state index in [9.17, 15) is 0 Å². The third-order valence-corrected chi connectivity index (χ3v) is 8.05. The van der Waals surface area contributed by atoms with E-state index >= 15 is 0 Å². The van der Waals surface area contributed by atoms with Crippen molar-refractivity contribution in [3.05, 3.63) is 127 Å². The van der Waals surface area contributed by atoms with Gasteiger partial charge in [-0.25, -0.2) is 15.0 Å². The van der Waals surface area contributed by atoms with Crippen molar-refractivity contribution in [3.63, 3.8) is 0 Å². The molecule has 0 radical (unpaired) electrons. The summed E-state index contributed by atoms with van der Waals surface area (Å²) >= 11 is 0. The van der Waals surface area contributed by atoms with Crippen LogP contribution in [0.1, 0.15) is 0 Å². The first-order valence-electron chi connectivity index (χ1n) is 13.7. The number of benzene rings is 7. The minimum Gasteiger partial charge on any atom is -0.455 e. The number of rotatable bonds is 3. The molecule has 4 heteroatoms. The lowest BCUT2D eigenvalue weighted by Gasteiger charge is -2.12. The zero-order valence-corrected chi connectivity index (χ0v) is 21.9. The maximum Gasteiger partial charge on any atom is 0.164 e. The highest BCUT2D eigenvalue weighted by atomic mass is 16.3. The Labute approximate surface area is 234 Å². The maximum atomic E-state index is 6.51. The van der Waals surface area contributed by atoms with Crippen LogP contribution in [0.3, 0.4) is 0 Å². The van der Waals surface area contributed by atoms with Crippen molar-refractivity contribution in [1.29, 1.82) is 0 Å². The molecule has 0 saturated heterocycles. The average molecular weight is 524 g/mol. The molecule has 0 spiro atoms. The SMILES string of the molecule is c1ccc(-c2nc(-c3ccccc3)nc(-c3ccc4c(c3)c3cc5ccccc5c5oc6cccc4c6c35)n2)cc1. The molecule has 0 unspecified atom stereocenters. The van der Waals surface area contributed by atoms with Crippen LogP contribution in [0.5, 0.6) is 0 Å². The fourth-order valence-electron chi connectivity index (χ4n) is 6.17. The number of nitrogens with zero attached hydrogens (tertiary/aromatic N) is 3. The quantitative estimate of drug-likeness (QED) is 0.171. The number of aromatic nitrogens is 3. The Morgan fingerprint density at radius 2 is 1.02 bits per heavy atom. The van der Waals surface area contributed by atoms with Crippen LogP contribution in [0.4, 0.5) is 0 Å². The van der Waals surface area contributed by atoms with Crippen molar-refractivity contribution in [2.45, 2.75) is 0 Å². The molecule has 2 heterocycles. The van der Waals surface area contributed by atoms with Gasteiger partial charge in [-0.2, -0.15) is 0 Å². The van der Waals surface area contributed by atoms with Crippen LogP contribution in [0, 0.1) is 0 Å². The third-order valence-electron chi connectivity index (χ3n) is 8.05. The Morgan fingerprint density at radius 3 is 1.76 bits per heavy atom. The van der Waals surface area contributed by atoms with Crippen molar-refractivity contribution >= 4 is 54.3 Å². The topological polar surface area (TPSA) is 51.8 Å². The summed E-state index contributed by atoms with van der Waals surface area (Å²) in [7, 11) is 0. The fourth-order valence-corrected chi connectivity index (χ4v) is 6.17. The largest absolute Gasteiger partial charge is 0.455 e. The van der Waals surface area contributed by atoms with Gasteiger partial charge in [0.15, 0.2) is 17.5 Å². The van der Waals surface area contributed by atoms with Gasteiger partial charge in [0, 0.05) is 32.8 Å². The molecular formula is C37H21N3O. The number of hydrogen-bond donors (Lipinski definition) is 0. The van der Waals surface area contributed by atoms with Crippen LogP contribution in [-0.4, -0.2) is 15.0 Å². The summed E-state index contributed by atoms with van der Waals surface area (Å²) in [6.07, 6.45) is 0. The van der Waals surface area contributed by atoms with Crippen LogP contribution in [-0.2, 0) is 0 Å². The molecule has 2 aromatic heterocycles. The lowest BCUT2D eigenvalue weighted by molar-refractivity contribution is 0.673. The average Bonchev–Trinajstić information content (AvgIpc) is 3.45. The van der Waals surface area contributed by atoms with Gasteiger partial charge < -0.3 is 4.42 Å². The van der Waals surface area contributed by atoms with Gasteiger partial charge in [-0.1, -0.05) is 109 Å². The molecule has 0 N–H and O–H groups in total. The Morgan fingerprint density at radius 1 is 0.390 bits per heavy atom. The normalized spacial score (nSPS) is 11.9. The van der Waals surface area contributed by atoms with Crippen molar-refractivity contribution in [1.82, 2.24) is 15.0 Å². The molecule has 0 saturated carbocycles. The lowest BCUT2D eigenvalue weighted by Crippen LogP contribution is -2.00. The predicted octanol–water partition coefficient (Wildman–Crippen LogP) is 9.67. The molecule has 0 atom stereocenters. The van der Waals surface area contributed by atoms with Gasteiger partial charge in [-0.3, -0.25) is 0 Å². The summed E-state index contributed by atoms with van der Waals surface area (Å²) in [5.74, 6) is 1.96. The van der Waals surface area contributed by atoms with E-state index in [0.717, 1.165) is 44.0 Å². The van der Waals surface area contributed by atoms with E-state index in [4.69, 9.17) is 19.4 Å². The highest BCUT2D eigenvalue weighted by Crippen LogP contribution is 2.45. The zero-order chi connectivity index (χ0) is 26.9. The molecule has 9 aromatic rings. The molecule has 0 amide bonds. The number of fused-ring (bicyclic) bond motifs is 5. The van der Waals surface area contributed by atoms with Crippen molar-refractivity contribution in [2.24, 2.45) is 0 Å². The molecular weight excluding hydrogens is 502 g/mol. The Balaban J connectivity index is 1.36. The molecule has 0 fully saturated rings. The summed E-state index contributed by atoms with van der Waals surface area (Å²) < 4.78 is 6.51. The van der Waals surface area contributed by atoms with Crippen LogP contribution in [0.25, 0.3) is 88.4 Å². The van der Waals surface area contributed by atoms with Crippen LogP contribution in [0.15, 0.2) is 132 Å². The Hall–Kier alpha value is -5.61. The molecule has 4 nitrogen and oxygen atoms in total. The molecule has 0 aliphatic carbocycles. The van der Waals surface area contributed by atoms with Gasteiger partial charge in [-0.05, 0) is 45.1 Å². The van der Waals surface area contributed by atoms with E-state index in [2.05, 4.69) is 66.7 Å². The molecule has 41 heavy (non-hydrogen) atoms. The zero-order valence-electron chi connectivity index (χ0n) is 21.9. The van der Waals surface area contributed by atoms with Gasteiger partial charge in [0.1, 0.15) is 11.2 Å². The van der Waals surface area contributed by atoms with Crippen LogP contribution >= 0.6 is 0 Å². The highest BCUT2D eigenvalue weighted by molar-refractivity contribution is 6.36. The minimum atomic E-state index is 0.647. The summed E-state index contributed by atoms with van der Waals surface area (Å²) in [4.78, 5) is 14.8. The van der Waals surface area contributed by atoms with Crippen LogP contribution in [0.2, 0.25) is 0 Å². The van der Waals surface area contributed by atoms with E-state index in [1.54, 1.807) is 0 Å². The first-order chi connectivity index (χ1) is 20.3. The first kappa shape index (κ1) is 22.2.